The topological polar surface area (TPSA) is 29.1 Å². The number of hydrogen-bond acceptors (Lipinski definition) is 2. The van der Waals surface area contributed by atoms with E-state index in [9.17, 15) is 4.79 Å². The van der Waals surface area contributed by atoms with Gasteiger partial charge in [0.05, 0.1) is 6.04 Å². The summed E-state index contributed by atoms with van der Waals surface area (Å²) in [5, 5.41) is 3.21. The number of carbonyl (C=O) groups excluding carboxylic acids is 1. The third kappa shape index (κ3) is 1.57. The van der Waals surface area contributed by atoms with E-state index in [1.165, 1.54) is 6.42 Å². The molecule has 1 heterocycles. The predicted molar refractivity (Wildman–Crippen MR) is 40.9 cm³/mol. The minimum Gasteiger partial charge on any atom is -0.307 e. The average Bonchev–Trinajstić information content (AvgIpc) is 2.34. The molecule has 0 spiro atoms. The van der Waals surface area contributed by atoms with E-state index in [0.717, 1.165) is 18.9 Å². The zero-order valence-electron chi connectivity index (χ0n) is 6.68. The Morgan fingerprint density at radius 3 is 2.70 bits per heavy atom. The zero-order valence-corrected chi connectivity index (χ0v) is 6.68. The SMILES string of the molecule is CC[C@H]1CN[C@H](C(C)=O)C1. The fourth-order valence-corrected chi connectivity index (χ4v) is 1.43. The molecule has 2 nitrogen and oxygen atoms in total. The van der Waals surface area contributed by atoms with Crippen molar-refractivity contribution in [2.45, 2.75) is 32.7 Å². The second kappa shape index (κ2) is 3.15. The molecule has 1 aliphatic rings. The molecule has 1 N–H and O–H groups in total. The van der Waals surface area contributed by atoms with E-state index in [-0.39, 0.29) is 11.8 Å². The summed E-state index contributed by atoms with van der Waals surface area (Å²) in [6.45, 7) is 4.87. The molecule has 0 saturated carbocycles. The van der Waals surface area contributed by atoms with Gasteiger partial charge >= 0.3 is 0 Å². The van der Waals surface area contributed by atoms with Crippen LogP contribution in [0.3, 0.4) is 0 Å². The molecule has 0 aromatic rings. The molecule has 0 aromatic heterocycles. The fourth-order valence-electron chi connectivity index (χ4n) is 1.43. The molecule has 0 unspecified atom stereocenters. The summed E-state index contributed by atoms with van der Waals surface area (Å²) in [6, 6.07) is 0.157. The van der Waals surface area contributed by atoms with Crippen LogP contribution in [0.5, 0.6) is 0 Å². The van der Waals surface area contributed by atoms with Crippen LogP contribution in [0.2, 0.25) is 0 Å². The summed E-state index contributed by atoms with van der Waals surface area (Å²) >= 11 is 0. The van der Waals surface area contributed by atoms with Crippen LogP contribution in [0.15, 0.2) is 0 Å². The molecule has 58 valence electrons. The van der Waals surface area contributed by atoms with Crippen molar-refractivity contribution in [1.82, 2.24) is 5.32 Å². The standard InChI is InChI=1S/C8H15NO/c1-3-7-4-8(6(2)10)9-5-7/h7-9H,3-5H2,1-2H3/t7-,8+/m1/s1. The van der Waals surface area contributed by atoms with Crippen molar-refractivity contribution in [3.05, 3.63) is 0 Å². The van der Waals surface area contributed by atoms with Crippen molar-refractivity contribution in [2.24, 2.45) is 5.92 Å². The van der Waals surface area contributed by atoms with Gasteiger partial charge in [0.15, 0.2) is 0 Å². The van der Waals surface area contributed by atoms with Gasteiger partial charge in [0.2, 0.25) is 0 Å². The highest BCUT2D eigenvalue weighted by Gasteiger charge is 2.25. The second-order valence-electron chi connectivity index (χ2n) is 3.08. The molecule has 1 rings (SSSR count). The van der Waals surface area contributed by atoms with Gasteiger partial charge in [-0.1, -0.05) is 13.3 Å². The Bertz CT molecular complexity index is 133. The van der Waals surface area contributed by atoms with Gasteiger partial charge in [0.1, 0.15) is 5.78 Å². The molecule has 2 heteroatoms. The van der Waals surface area contributed by atoms with Gasteiger partial charge < -0.3 is 5.32 Å². The zero-order chi connectivity index (χ0) is 7.56. The lowest BCUT2D eigenvalue weighted by molar-refractivity contribution is -0.118. The van der Waals surface area contributed by atoms with Crippen LogP contribution in [0.4, 0.5) is 0 Å². The second-order valence-corrected chi connectivity index (χ2v) is 3.08. The third-order valence-corrected chi connectivity index (χ3v) is 2.29. The van der Waals surface area contributed by atoms with Crippen LogP contribution in [-0.2, 0) is 4.79 Å². The number of Topliss-reactive ketones (excluding diaryl/α,β-unsaturated/α-hetero) is 1. The monoisotopic (exact) mass is 141 g/mol. The van der Waals surface area contributed by atoms with E-state index < -0.39 is 0 Å². The van der Waals surface area contributed by atoms with Gasteiger partial charge in [0.25, 0.3) is 0 Å². The minimum atomic E-state index is 0.157. The normalized spacial score (nSPS) is 32.6. The van der Waals surface area contributed by atoms with E-state index >= 15 is 0 Å². The number of nitrogens with one attached hydrogen (secondary N) is 1. The van der Waals surface area contributed by atoms with Crippen LogP contribution in [0, 0.1) is 5.92 Å². The highest BCUT2D eigenvalue weighted by atomic mass is 16.1. The van der Waals surface area contributed by atoms with Gasteiger partial charge in [-0.25, -0.2) is 0 Å². The molecule has 2 atom stereocenters. The summed E-state index contributed by atoms with van der Waals surface area (Å²) in [6.07, 6.45) is 2.24. The first-order valence-corrected chi connectivity index (χ1v) is 3.98. The Labute approximate surface area is 62.0 Å². The van der Waals surface area contributed by atoms with Gasteiger partial charge in [-0.05, 0) is 25.8 Å². The summed E-state index contributed by atoms with van der Waals surface area (Å²) in [5.74, 6) is 1.02. The molecular formula is C8H15NO. The van der Waals surface area contributed by atoms with E-state index in [2.05, 4.69) is 12.2 Å². The number of hydrogen-bond donors (Lipinski definition) is 1. The lowest BCUT2D eigenvalue weighted by Gasteiger charge is -2.03. The van der Waals surface area contributed by atoms with Crippen LogP contribution >= 0.6 is 0 Å². The quantitative estimate of drug-likeness (QED) is 0.620. The maximum absolute atomic E-state index is 10.8. The van der Waals surface area contributed by atoms with Crippen LogP contribution in [-0.4, -0.2) is 18.4 Å². The minimum absolute atomic E-state index is 0.157. The number of rotatable bonds is 2. The van der Waals surface area contributed by atoms with Crippen LogP contribution in [0.25, 0.3) is 0 Å². The Hall–Kier alpha value is -0.370. The summed E-state index contributed by atoms with van der Waals surface area (Å²) < 4.78 is 0. The van der Waals surface area contributed by atoms with Crippen molar-refractivity contribution >= 4 is 5.78 Å². The molecule has 0 bridgehead atoms. The van der Waals surface area contributed by atoms with Crippen molar-refractivity contribution < 1.29 is 4.79 Å². The highest BCUT2D eigenvalue weighted by Crippen LogP contribution is 2.16. The van der Waals surface area contributed by atoms with Crippen molar-refractivity contribution in [2.75, 3.05) is 6.54 Å². The molecule has 0 radical (unpaired) electrons. The maximum Gasteiger partial charge on any atom is 0.146 e. The lowest BCUT2D eigenvalue weighted by Crippen LogP contribution is -2.28. The summed E-state index contributed by atoms with van der Waals surface area (Å²) in [5.41, 5.74) is 0. The van der Waals surface area contributed by atoms with Gasteiger partial charge in [-0.3, -0.25) is 4.79 Å². The first-order chi connectivity index (χ1) is 4.74. The van der Waals surface area contributed by atoms with Crippen LogP contribution < -0.4 is 5.32 Å². The third-order valence-electron chi connectivity index (χ3n) is 2.29. The number of ketones is 1. The molecule has 1 fully saturated rings. The van der Waals surface area contributed by atoms with Gasteiger partial charge in [0, 0.05) is 0 Å². The van der Waals surface area contributed by atoms with Crippen molar-refractivity contribution in [3.63, 3.8) is 0 Å². The molecular weight excluding hydrogens is 126 g/mol. The largest absolute Gasteiger partial charge is 0.307 e. The van der Waals surface area contributed by atoms with Gasteiger partial charge in [-0.15, -0.1) is 0 Å². The maximum atomic E-state index is 10.8. The van der Waals surface area contributed by atoms with E-state index in [0.29, 0.717) is 0 Å². The predicted octanol–water partition coefficient (Wildman–Crippen LogP) is 0.964. The molecule has 0 aliphatic carbocycles. The van der Waals surface area contributed by atoms with Crippen molar-refractivity contribution in [1.29, 1.82) is 0 Å². The fraction of sp³-hybridized carbons (Fsp3) is 0.875. The van der Waals surface area contributed by atoms with Crippen molar-refractivity contribution in [3.8, 4) is 0 Å². The Kier molecular flexibility index (Phi) is 2.44. The Balaban J connectivity index is 2.35. The summed E-state index contributed by atoms with van der Waals surface area (Å²) in [4.78, 5) is 10.8. The smallest absolute Gasteiger partial charge is 0.146 e. The molecule has 10 heavy (non-hydrogen) atoms. The molecule has 0 amide bonds. The lowest BCUT2D eigenvalue weighted by atomic mass is 10.0. The molecule has 0 aromatic carbocycles. The Morgan fingerprint density at radius 2 is 2.40 bits per heavy atom. The molecule has 1 aliphatic heterocycles. The summed E-state index contributed by atoms with van der Waals surface area (Å²) in [7, 11) is 0. The first kappa shape index (κ1) is 7.73. The highest BCUT2D eigenvalue weighted by molar-refractivity contribution is 5.81. The first-order valence-electron chi connectivity index (χ1n) is 3.98. The number of carbonyl (C=O) groups is 1. The van der Waals surface area contributed by atoms with Crippen LogP contribution in [0.1, 0.15) is 26.7 Å². The average molecular weight is 141 g/mol. The van der Waals surface area contributed by atoms with E-state index in [1.807, 2.05) is 0 Å². The molecule has 1 saturated heterocycles. The van der Waals surface area contributed by atoms with E-state index in [4.69, 9.17) is 0 Å². The van der Waals surface area contributed by atoms with Gasteiger partial charge in [-0.2, -0.15) is 0 Å². The Morgan fingerprint density at radius 1 is 1.70 bits per heavy atom. The van der Waals surface area contributed by atoms with E-state index in [1.54, 1.807) is 6.92 Å².